The molecule has 0 saturated carbocycles. The van der Waals surface area contributed by atoms with Gasteiger partial charge in [0.05, 0.1) is 5.56 Å². The van der Waals surface area contributed by atoms with E-state index in [2.05, 4.69) is 25.9 Å². The third-order valence-corrected chi connectivity index (χ3v) is 4.34. The maximum absolute atomic E-state index is 6.01. The van der Waals surface area contributed by atoms with Crippen molar-refractivity contribution >= 4 is 27.6 Å². The van der Waals surface area contributed by atoms with Crippen LogP contribution in [0.3, 0.4) is 0 Å². The number of aromatic nitrogens is 1. The SMILES string of the molecule is NC1=NCC[C@]2(O1)c1cc(N)ccc1Oc1ncc(Br)cc12. The highest BCUT2D eigenvalue weighted by atomic mass is 79.9. The van der Waals surface area contributed by atoms with Crippen LogP contribution in [0.5, 0.6) is 11.6 Å². The number of benzene rings is 1. The molecule has 0 amide bonds. The minimum absolute atomic E-state index is 0.160. The predicted molar refractivity (Wildman–Crippen MR) is 85.8 cm³/mol. The van der Waals surface area contributed by atoms with E-state index in [9.17, 15) is 0 Å². The van der Waals surface area contributed by atoms with E-state index in [1.807, 2.05) is 18.2 Å². The molecular formula is C15H13BrN4O2. The van der Waals surface area contributed by atoms with Crippen LogP contribution in [0.4, 0.5) is 5.69 Å². The Bertz CT molecular complexity index is 755. The van der Waals surface area contributed by atoms with Gasteiger partial charge in [-0.2, -0.15) is 0 Å². The van der Waals surface area contributed by atoms with Gasteiger partial charge in [-0.25, -0.2) is 9.98 Å². The average molecular weight is 361 g/mol. The summed E-state index contributed by atoms with van der Waals surface area (Å²) in [6.07, 6.45) is 2.33. The molecule has 0 saturated heterocycles. The normalized spacial score (nSPS) is 22.1. The summed E-state index contributed by atoms with van der Waals surface area (Å²) in [6.45, 7) is 0.562. The molecule has 22 heavy (non-hydrogen) atoms. The van der Waals surface area contributed by atoms with Gasteiger partial charge in [0.15, 0.2) is 5.60 Å². The Morgan fingerprint density at radius 2 is 2.05 bits per heavy atom. The van der Waals surface area contributed by atoms with Crippen LogP contribution in [0.1, 0.15) is 17.5 Å². The highest BCUT2D eigenvalue weighted by molar-refractivity contribution is 9.10. The Morgan fingerprint density at radius 3 is 2.86 bits per heavy atom. The third kappa shape index (κ3) is 1.85. The molecule has 0 fully saturated rings. The summed E-state index contributed by atoms with van der Waals surface area (Å²) >= 11 is 3.45. The molecular weight excluding hydrogens is 348 g/mol. The summed E-state index contributed by atoms with van der Waals surface area (Å²) in [5.41, 5.74) is 13.3. The molecule has 112 valence electrons. The van der Waals surface area contributed by atoms with Gasteiger partial charge in [0, 0.05) is 34.9 Å². The average Bonchev–Trinajstić information content (AvgIpc) is 2.49. The number of nitrogens with zero attached hydrogens (tertiary/aromatic N) is 2. The van der Waals surface area contributed by atoms with Gasteiger partial charge in [-0.15, -0.1) is 0 Å². The molecule has 0 radical (unpaired) electrons. The lowest BCUT2D eigenvalue weighted by Gasteiger charge is -2.40. The molecule has 1 aromatic heterocycles. The Hall–Kier alpha value is -2.28. The van der Waals surface area contributed by atoms with Crippen LogP contribution in [-0.4, -0.2) is 17.6 Å². The van der Waals surface area contributed by atoms with Crippen LogP contribution in [0.15, 0.2) is 39.9 Å². The molecule has 1 atom stereocenters. The van der Waals surface area contributed by atoms with E-state index in [1.165, 1.54) is 0 Å². The molecule has 3 heterocycles. The largest absolute Gasteiger partial charge is 0.449 e. The molecule has 7 heteroatoms. The monoisotopic (exact) mass is 360 g/mol. The Balaban J connectivity index is 2.01. The lowest BCUT2D eigenvalue weighted by Crippen LogP contribution is -2.42. The third-order valence-electron chi connectivity index (χ3n) is 3.91. The second-order valence-electron chi connectivity index (χ2n) is 5.26. The lowest BCUT2D eigenvalue weighted by atomic mass is 9.81. The van der Waals surface area contributed by atoms with Gasteiger partial charge in [0.2, 0.25) is 5.88 Å². The first-order valence-corrected chi connectivity index (χ1v) is 7.61. The summed E-state index contributed by atoms with van der Waals surface area (Å²) in [4.78, 5) is 8.49. The van der Waals surface area contributed by atoms with E-state index in [0.717, 1.165) is 15.6 Å². The number of pyridine rings is 1. The first kappa shape index (κ1) is 13.4. The van der Waals surface area contributed by atoms with Gasteiger partial charge in [-0.3, -0.25) is 0 Å². The first-order valence-electron chi connectivity index (χ1n) is 6.81. The zero-order valence-electron chi connectivity index (χ0n) is 11.5. The molecule has 0 aliphatic carbocycles. The summed E-state index contributed by atoms with van der Waals surface area (Å²) in [7, 11) is 0. The van der Waals surface area contributed by atoms with E-state index in [1.54, 1.807) is 12.3 Å². The van der Waals surface area contributed by atoms with Crippen molar-refractivity contribution in [2.75, 3.05) is 12.3 Å². The predicted octanol–water partition coefficient (Wildman–Crippen LogP) is 2.51. The summed E-state index contributed by atoms with van der Waals surface area (Å²) in [5.74, 6) is 1.18. The van der Waals surface area contributed by atoms with Crippen molar-refractivity contribution in [2.24, 2.45) is 10.7 Å². The lowest BCUT2D eigenvalue weighted by molar-refractivity contribution is 0.0626. The zero-order valence-corrected chi connectivity index (χ0v) is 13.1. The van der Waals surface area contributed by atoms with Crippen molar-refractivity contribution in [3.8, 4) is 11.6 Å². The van der Waals surface area contributed by atoms with E-state index in [-0.39, 0.29) is 6.02 Å². The molecule has 0 unspecified atom stereocenters. The summed E-state index contributed by atoms with van der Waals surface area (Å²) in [5, 5.41) is 0. The number of ether oxygens (including phenoxy) is 2. The fraction of sp³-hybridized carbons (Fsp3) is 0.200. The van der Waals surface area contributed by atoms with Gasteiger partial charge >= 0.3 is 0 Å². The van der Waals surface area contributed by atoms with E-state index >= 15 is 0 Å². The maximum Gasteiger partial charge on any atom is 0.283 e. The van der Waals surface area contributed by atoms with Crippen molar-refractivity contribution in [3.63, 3.8) is 0 Å². The van der Waals surface area contributed by atoms with Gasteiger partial charge in [-0.05, 0) is 40.2 Å². The molecule has 0 bridgehead atoms. The topological polar surface area (TPSA) is 95.8 Å². The molecule has 6 nitrogen and oxygen atoms in total. The van der Waals surface area contributed by atoms with Gasteiger partial charge in [0.1, 0.15) is 5.75 Å². The Morgan fingerprint density at radius 1 is 1.18 bits per heavy atom. The smallest absolute Gasteiger partial charge is 0.283 e. The van der Waals surface area contributed by atoms with Gasteiger partial charge in [-0.1, -0.05) is 0 Å². The number of rotatable bonds is 0. The van der Waals surface area contributed by atoms with Crippen LogP contribution >= 0.6 is 15.9 Å². The molecule has 4 N–H and O–H groups in total. The fourth-order valence-corrected chi connectivity index (χ4v) is 3.29. The molecule has 2 aromatic rings. The zero-order chi connectivity index (χ0) is 15.3. The van der Waals surface area contributed by atoms with E-state index in [4.69, 9.17) is 20.9 Å². The number of anilines is 1. The van der Waals surface area contributed by atoms with Crippen LogP contribution < -0.4 is 16.2 Å². The molecule has 2 aliphatic rings. The highest BCUT2D eigenvalue weighted by Gasteiger charge is 2.47. The summed E-state index contributed by atoms with van der Waals surface area (Å²) in [6, 6.07) is 7.57. The van der Waals surface area contributed by atoms with Crippen molar-refractivity contribution in [1.82, 2.24) is 4.98 Å². The second-order valence-corrected chi connectivity index (χ2v) is 6.18. The number of halogens is 1. The fourth-order valence-electron chi connectivity index (χ4n) is 2.96. The second kappa shape index (κ2) is 4.61. The number of fused-ring (bicyclic) bond motifs is 4. The van der Waals surface area contributed by atoms with Gasteiger partial charge in [0.25, 0.3) is 6.02 Å². The Labute approximate surface area is 135 Å². The Kier molecular flexibility index (Phi) is 2.80. The number of nitrogen functional groups attached to an aromatic ring is 1. The summed E-state index contributed by atoms with van der Waals surface area (Å²) < 4.78 is 12.8. The van der Waals surface area contributed by atoms with Crippen LogP contribution in [0, 0.1) is 0 Å². The highest BCUT2D eigenvalue weighted by Crippen LogP contribution is 2.51. The van der Waals surface area contributed by atoms with Crippen molar-refractivity contribution in [2.45, 2.75) is 12.0 Å². The van der Waals surface area contributed by atoms with Crippen molar-refractivity contribution in [3.05, 3.63) is 46.1 Å². The number of aliphatic imine (C=N–C) groups is 1. The minimum atomic E-state index is -0.777. The first-order chi connectivity index (χ1) is 10.6. The van der Waals surface area contributed by atoms with Crippen LogP contribution in [0.2, 0.25) is 0 Å². The van der Waals surface area contributed by atoms with E-state index < -0.39 is 5.60 Å². The van der Waals surface area contributed by atoms with Gasteiger partial charge < -0.3 is 20.9 Å². The van der Waals surface area contributed by atoms with Crippen LogP contribution in [-0.2, 0) is 10.3 Å². The molecule has 1 aromatic carbocycles. The van der Waals surface area contributed by atoms with E-state index in [0.29, 0.717) is 30.3 Å². The minimum Gasteiger partial charge on any atom is -0.449 e. The van der Waals surface area contributed by atoms with Crippen molar-refractivity contribution in [1.29, 1.82) is 0 Å². The number of hydrogen-bond acceptors (Lipinski definition) is 6. The quantitative estimate of drug-likeness (QED) is 0.703. The number of hydrogen-bond donors (Lipinski definition) is 2. The number of nitrogens with two attached hydrogens (primary N) is 2. The van der Waals surface area contributed by atoms with Crippen molar-refractivity contribution < 1.29 is 9.47 Å². The van der Waals surface area contributed by atoms with Crippen LogP contribution in [0.25, 0.3) is 0 Å². The maximum atomic E-state index is 6.01. The molecule has 2 aliphatic heterocycles. The molecule has 1 spiro atoms. The standard InChI is InChI=1S/C15H13BrN4O2/c16-8-5-11-13(20-7-8)21-12-2-1-9(17)6-10(12)15(11)3-4-19-14(18)22-15/h1-2,5-7H,3-4,17H2,(H2,18,19)/t15-/m0/s1. The molecule has 4 rings (SSSR count). The number of amidine groups is 1.